The Morgan fingerprint density at radius 3 is 2.35 bits per heavy atom. The third-order valence-electron chi connectivity index (χ3n) is 7.26. The molecule has 1 aromatic carbocycles. The van der Waals surface area contributed by atoms with Crippen molar-refractivity contribution in [2.75, 3.05) is 19.6 Å². The molecular formula is C22H30N2O2. The normalized spacial score (nSPS) is 25.9. The van der Waals surface area contributed by atoms with Crippen LogP contribution in [0, 0.1) is 11.3 Å². The van der Waals surface area contributed by atoms with E-state index in [2.05, 4.69) is 35.6 Å². The van der Waals surface area contributed by atoms with Crippen LogP contribution < -0.4 is 5.32 Å². The molecule has 0 unspecified atom stereocenters. The quantitative estimate of drug-likeness (QED) is 0.902. The second-order valence-electron chi connectivity index (χ2n) is 8.70. The summed E-state index contributed by atoms with van der Waals surface area (Å²) < 4.78 is 0. The maximum atomic E-state index is 12.8. The van der Waals surface area contributed by atoms with E-state index in [1.165, 1.54) is 31.2 Å². The number of rotatable bonds is 4. The Morgan fingerprint density at radius 1 is 1.08 bits per heavy atom. The average Bonchev–Trinajstić information content (AvgIpc) is 3.14. The monoisotopic (exact) mass is 354 g/mol. The lowest BCUT2D eigenvalue weighted by atomic mass is 9.78. The van der Waals surface area contributed by atoms with E-state index < -0.39 is 0 Å². The molecule has 0 radical (unpaired) electrons. The Morgan fingerprint density at radius 2 is 1.73 bits per heavy atom. The molecule has 2 amide bonds. The topological polar surface area (TPSA) is 49.4 Å². The van der Waals surface area contributed by atoms with Crippen LogP contribution in [0.4, 0.5) is 0 Å². The van der Waals surface area contributed by atoms with Crippen LogP contribution in [-0.2, 0) is 15.0 Å². The van der Waals surface area contributed by atoms with E-state index in [-0.39, 0.29) is 28.6 Å². The maximum Gasteiger partial charge on any atom is 0.223 e. The van der Waals surface area contributed by atoms with E-state index in [1.54, 1.807) is 6.92 Å². The Kier molecular flexibility index (Phi) is 4.54. The minimum Gasteiger partial charge on any atom is -0.355 e. The molecule has 4 rings (SSSR count). The van der Waals surface area contributed by atoms with Gasteiger partial charge in [-0.2, -0.15) is 0 Å². The van der Waals surface area contributed by atoms with Crippen LogP contribution in [0.25, 0.3) is 0 Å². The average molecular weight is 354 g/mol. The zero-order valence-corrected chi connectivity index (χ0v) is 15.8. The first-order valence-electron chi connectivity index (χ1n) is 10.1. The molecule has 2 aliphatic carbocycles. The summed E-state index contributed by atoms with van der Waals surface area (Å²) in [5.41, 5.74) is 1.67. The second-order valence-corrected chi connectivity index (χ2v) is 8.70. The summed E-state index contributed by atoms with van der Waals surface area (Å²) in [4.78, 5) is 26.3. The molecule has 4 heteroatoms. The zero-order chi connectivity index (χ0) is 18.2. The van der Waals surface area contributed by atoms with Gasteiger partial charge in [-0.1, -0.05) is 43.2 Å². The number of hydrogen-bond donors (Lipinski definition) is 1. The van der Waals surface area contributed by atoms with Crippen LogP contribution in [0.2, 0.25) is 0 Å². The van der Waals surface area contributed by atoms with Gasteiger partial charge in [-0.15, -0.1) is 0 Å². The van der Waals surface area contributed by atoms with Gasteiger partial charge in [-0.25, -0.2) is 0 Å². The highest BCUT2D eigenvalue weighted by Crippen LogP contribution is 2.59. The fourth-order valence-electron chi connectivity index (χ4n) is 5.33. The maximum absolute atomic E-state index is 12.8. The first-order chi connectivity index (χ1) is 12.5. The van der Waals surface area contributed by atoms with Crippen molar-refractivity contribution in [3.63, 3.8) is 0 Å². The standard InChI is InChI=1S/C22H30N2O2/c1-17(25)24-13-11-21(12-14-24)15-19(21)20(26)23-16-22(9-5-6-10-22)18-7-3-2-4-8-18/h2-4,7-8,19H,5-6,9-16H2,1H3,(H,23,26)/t19-/m1/s1. The van der Waals surface area contributed by atoms with Crippen LogP contribution in [0.3, 0.4) is 0 Å². The molecule has 1 heterocycles. The van der Waals surface area contributed by atoms with Gasteiger partial charge >= 0.3 is 0 Å². The van der Waals surface area contributed by atoms with E-state index >= 15 is 0 Å². The fraction of sp³-hybridized carbons (Fsp3) is 0.636. The summed E-state index contributed by atoms with van der Waals surface area (Å²) in [6.07, 6.45) is 7.80. The van der Waals surface area contributed by atoms with E-state index in [0.29, 0.717) is 0 Å². The van der Waals surface area contributed by atoms with Gasteiger partial charge in [-0.3, -0.25) is 9.59 Å². The van der Waals surface area contributed by atoms with Crippen molar-refractivity contribution in [3.05, 3.63) is 35.9 Å². The van der Waals surface area contributed by atoms with Gasteiger partial charge in [0.05, 0.1) is 0 Å². The van der Waals surface area contributed by atoms with Gasteiger partial charge in [0.15, 0.2) is 0 Å². The smallest absolute Gasteiger partial charge is 0.223 e. The number of benzene rings is 1. The minimum atomic E-state index is 0.122. The van der Waals surface area contributed by atoms with Crippen LogP contribution in [0.15, 0.2) is 30.3 Å². The molecule has 3 aliphatic rings. The molecule has 1 atom stereocenters. The van der Waals surface area contributed by atoms with Gasteiger partial charge in [0.25, 0.3) is 0 Å². The van der Waals surface area contributed by atoms with Crippen molar-refractivity contribution < 1.29 is 9.59 Å². The Labute approximate surface area is 156 Å². The molecule has 0 bridgehead atoms. The van der Waals surface area contributed by atoms with Crippen LogP contribution >= 0.6 is 0 Å². The molecular weight excluding hydrogens is 324 g/mol. The van der Waals surface area contributed by atoms with Gasteiger partial charge < -0.3 is 10.2 Å². The number of hydrogen-bond acceptors (Lipinski definition) is 2. The summed E-state index contributed by atoms with van der Waals surface area (Å²) in [5.74, 6) is 0.557. The predicted molar refractivity (Wildman–Crippen MR) is 102 cm³/mol. The Balaban J connectivity index is 1.35. The third kappa shape index (κ3) is 3.15. The minimum absolute atomic E-state index is 0.122. The summed E-state index contributed by atoms with van der Waals surface area (Å²) >= 11 is 0. The molecule has 140 valence electrons. The molecule has 1 N–H and O–H groups in total. The molecule has 1 aromatic rings. The fourth-order valence-corrected chi connectivity index (χ4v) is 5.33. The number of likely N-dealkylation sites (tertiary alicyclic amines) is 1. The van der Waals surface area contributed by atoms with Crippen molar-refractivity contribution in [2.45, 2.75) is 57.3 Å². The highest BCUT2D eigenvalue weighted by molar-refractivity contribution is 5.83. The molecule has 1 saturated heterocycles. The molecule has 3 fully saturated rings. The first-order valence-corrected chi connectivity index (χ1v) is 10.1. The number of nitrogens with zero attached hydrogens (tertiary/aromatic N) is 1. The summed E-state index contributed by atoms with van der Waals surface area (Å²) in [5, 5.41) is 3.31. The van der Waals surface area contributed by atoms with Crippen LogP contribution in [0.1, 0.15) is 57.4 Å². The van der Waals surface area contributed by atoms with E-state index in [1.807, 2.05) is 4.90 Å². The Hall–Kier alpha value is -1.84. The molecule has 0 aromatic heterocycles. The van der Waals surface area contributed by atoms with E-state index in [4.69, 9.17) is 0 Å². The number of amides is 2. The van der Waals surface area contributed by atoms with Crippen molar-refractivity contribution in [2.24, 2.45) is 11.3 Å². The van der Waals surface area contributed by atoms with Gasteiger partial charge in [0.1, 0.15) is 0 Å². The number of carbonyl (C=O) groups is 2. The largest absolute Gasteiger partial charge is 0.355 e. The van der Waals surface area contributed by atoms with Crippen molar-refractivity contribution in [1.29, 1.82) is 0 Å². The van der Waals surface area contributed by atoms with Crippen molar-refractivity contribution in [3.8, 4) is 0 Å². The third-order valence-corrected chi connectivity index (χ3v) is 7.26. The second kappa shape index (κ2) is 6.71. The van der Waals surface area contributed by atoms with Gasteiger partial charge in [0.2, 0.25) is 11.8 Å². The van der Waals surface area contributed by atoms with Gasteiger partial charge in [-0.05, 0) is 43.1 Å². The summed E-state index contributed by atoms with van der Waals surface area (Å²) in [6.45, 7) is 4.03. The van der Waals surface area contributed by atoms with E-state index in [9.17, 15) is 9.59 Å². The lowest BCUT2D eigenvalue weighted by molar-refractivity contribution is -0.130. The SMILES string of the molecule is CC(=O)N1CCC2(CC1)C[C@@H]2C(=O)NCC1(c2ccccc2)CCCC1. The van der Waals surface area contributed by atoms with E-state index in [0.717, 1.165) is 38.9 Å². The highest BCUT2D eigenvalue weighted by atomic mass is 16.2. The van der Waals surface area contributed by atoms with Crippen molar-refractivity contribution >= 4 is 11.8 Å². The zero-order valence-electron chi connectivity index (χ0n) is 15.8. The molecule has 2 saturated carbocycles. The first kappa shape index (κ1) is 17.6. The molecule has 26 heavy (non-hydrogen) atoms. The summed E-state index contributed by atoms with van der Waals surface area (Å²) in [6, 6.07) is 10.7. The molecule has 4 nitrogen and oxygen atoms in total. The number of carbonyl (C=O) groups excluding carboxylic acids is 2. The van der Waals surface area contributed by atoms with Crippen molar-refractivity contribution in [1.82, 2.24) is 10.2 Å². The Bertz CT molecular complexity index is 671. The number of nitrogens with one attached hydrogen (secondary N) is 1. The lowest BCUT2D eigenvalue weighted by Gasteiger charge is -2.33. The van der Waals surface area contributed by atoms with Crippen LogP contribution in [0.5, 0.6) is 0 Å². The number of piperidine rings is 1. The highest BCUT2D eigenvalue weighted by Gasteiger charge is 2.58. The van der Waals surface area contributed by atoms with Crippen LogP contribution in [-0.4, -0.2) is 36.3 Å². The molecule has 1 spiro atoms. The van der Waals surface area contributed by atoms with Gasteiger partial charge in [0, 0.05) is 37.9 Å². The summed E-state index contributed by atoms with van der Waals surface area (Å²) in [7, 11) is 0. The predicted octanol–water partition coefficient (Wildman–Crippen LogP) is 3.26. The lowest BCUT2D eigenvalue weighted by Crippen LogP contribution is -2.42. The molecule has 1 aliphatic heterocycles.